The number of hydrogen-bond acceptors (Lipinski definition) is 7. The first kappa shape index (κ1) is 25.1. The summed E-state index contributed by atoms with van der Waals surface area (Å²) in [6.07, 6.45) is 0.984. The molecule has 0 aliphatic heterocycles. The molecule has 0 radical (unpaired) electrons. The fraction of sp³-hybridized carbons (Fsp3) is 0.611. The Kier molecular flexibility index (Phi) is 9.66. The molecule has 1 aromatic rings. The molecule has 0 saturated carbocycles. The second-order valence-corrected chi connectivity index (χ2v) is 9.93. The molecule has 1 rings (SSSR count). The molecule has 0 amide bonds. The maximum atomic E-state index is 12.2. The number of nitrogens with zero attached hydrogens (tertiary/aromatic N) is 1. The summed E-state index contributed by atoms with van der Waals surface area (Å²) in [6.45, 7) is 7.96. The SMILES string of the molecule is CC(CN(CC(=O)OC(C)(C)C)NCCOS(C)(=O)=O)c1ccc(Cl)c(Cl)c1. The van der Waals surface area contributed by atoms with Crippen molar-refractivity contribution in [2.45, 2.75) is 39.2 Å². The van der Waals surface area contributed by atoms with Gasteiger partial charge in [0.05, 0.1) is 22.9 Å². The lowest BCUT2D eigenvalue weighted by Gasteiger charge is -2.28. The van der Waals surface area contributed by atoms with Crippen molar-refractivity contribution in [2.75, 3.05) is 32.5 Å². The third-order valence-electron chi connectivity index (χ3n) is 3.48. The molecular formula is C18H28Cl2N2O5S. The average molecular weight is 455 g/mol. The number of nitrogens with one attached hydrogen (secondary N) is 1. The summed E-state index contributed by atoms with van der Waals surface area (Å²) in [4.78, 5) is 12.2. The molecule has 0 bridgehead atoms. The van der Waals surface area contributed by atoms with Crippen molar-refractivity contribution in [3.8, 4) is 0 Å². The van der Waals surface area contributed by atoms with Gasteiger partial charge in [-0.05, 0) is 44.4 Å². The van der Waals surface area contributed by atoms with Crippen LogP contribution in [0.5, 0.6) is 0 Å². The van der Waals surface area contributed by atoms with Gasteiger partial charge in [0.1, 0.15) is 12.1 Å². The van der Waals surface area contributed by atoms with Crippen LogP contribution in [0.25, 0.3) is 0 Å². The van der Waals surface area contributed by atoms with Gasteiger partial charge in [-0.15, -0.1) is 0 Å². The van der Waals surface area contributed by atoms with E-state index < -0.39 is 21.7 Å². The standard InChI is InChI=1S/C18H28Cl2N2O5S/c1-13(14-6-7-15(19)16(20)10-14)11-22(12-17(23)27-18(2,3)4)21-8-9-26-28(5,24)25/h6-7,10,13,21H,8-9,11-12H2,1-5H3. The summed E-state index contributed by atoms with van der Waals surface area (Å²) in [6, 6.07) is 5.38. The zero-order valence-electron chi connectivity index (χ0n) is 16.8. The van der Waals surface area contributed by atoms with Crippen LogP contribution in [0.2, 0.25) is 10.0 Å². The van der Waals surface area contributed by atoms with Crippen molar-refractivity contribution in [2.24, 2.45) is 0 Å². The van der Waals surface area contributed by atoms with Gasteiger partial charge in [-0.25, -0.2) is 5.01 Å². The number of hydrogen-bond donors (Lipinski definition) is 1. The Balaban J connectivity index is 2.77. The Labute approximate surface area is 177 Å². The van der Waals surface area contributed by atoms with Crippen molar-refractivity contribution in [1.29, 1.82) is 0 Å². The Hall–Kier alpha value is -0.900. The minimum atomic E-state index is -3.52. The Morgan fingerprint density at radius 2 is 1.89 bits per heavy atom. The Morgan fingerprint density at radius 3 is 2.43 bits per heavy atom. The van der Waals surface area contributed by atoms with Crippen molar-refractivity contribution >= 4 is 39.3 Å². The molecule has 1 N–H and O–H groups in total. The van der Waals surface area contributed by atoms with Crippen LogP contribution in [0.3, 0.4) is 0 Å². The first-order valence-electron chi connectivity index (χ1n) is 8.76. The highest BCUT2D eigenvalue weighted by Gasteiger charge is 2.21. The zero-order valence-corrected chi connectivity index (χ0v) is 19.1. The number of benzene rings is 1. The number of carbonyl (C=O) groups excluding carboxylic acids is 1. The van der Waals surface area contributed by atoms with Gasteiger partial charge in [0, 0.05) is 13.1 Å². The van der Waals surface area contributed by atoms with E-state index in [-0.39, 0.29) is 25.6 Å². The van der Waals surface area contributed by atoms with Crippen molar-refractivity contribution < 1.29 is 22.1 Å². The highest BCUT2D eigenvalue weighted by molar-refractivity contribution is 7.85. The maximum absolute atomic E-state index is 12.2. The van der Waals surface area contributed by atoms with Crippen LogP contribution in [-0.2, 0) is 23.8 Å². The highest BCUT2D eigenvalue weighted by Crippen LogP contribution is 2.26. The van der Waals surface area contributed by atoms with Crippen LogP contribution in [0, 0.1) is 0 Å². The van der Waals surface area contributed by atoms with Gasteiger partial charge in [0.25, 0.3) is 10.1 Å². The van der Waals surface area contributed by atoms with Crippen molar-refractivity contribution in [3.05, 3.63) is 33.8 Å². The number of halogens is 2. The van der Waals surface area contributed by atoms with Crippen LogP contribution in [0.4, 0.5) is 0 Å². The minimum absolute atomic E-state index is 0.0121. The zero-order chi connectivity index (χ0) is 21.5. The fourth-order valence-electron chi connectivity index (χ4n) is 2.37. The average Bonchev–Trinajstić information content (AvgIpc) is 2.51. The van der Waals surface area contributed by atoms with Gasteiger partial charge in [0.2, 0.25) is 0 Å². The van der Waals surface area contributed by atoms with E-state index in [0.717, 1.165) is 11.8 Å². The fourth-order valence-corrected chi connectivity index (χ4v) is 3.06. The normalized spacial score (nSPS) is 13.6. The molecule has 10 heteroatoms. The van der Waals surface area contributed by atoms with Crippen molar-refractivity contribution in [3.63, 3.8) is 0 Å². The molecule has 0 spiro atoms. The summed E-state index contributed by atoms with van der Waals surface area (Å²) in [5.74, 6) is -0.383. The van der Waals surface area contributed by atoms with E-state index in [9.17, 15) is 13.2 Å². The molecule has 7 nitrogen and oxygen atoms in total. The largest absolute Gasteiger partial charge is 0.459 e. The molecule has 1 unspecified atom stereocenters. The summed E-state index contributed by atoms with van der Waals surface area (Å²) in [5, 5.41) is 2.60. The lowest BCUT2D eigenvalue weighted by molar-refractivity contribution is -0.157. The van der Waals surface area contributed by atoms with Crippen molar-refractivity contribution in [1.82, 2.24) is 10.4 Å². The van der Waals surface area contributed by atoms with Crippen LogP contribution >= 0.6 is 23.2 Å². The predicted molar refractivity (Wildman–Crippen MR) is 111 cm³/mol. The second kappa shape index (κ2) is 10.8. The van der Waals surface area contributed by atoms with Crippen LogP contribution in [0.1, 0.15) is 39.2 Å². The van der Waals surface area contributed by atoms with E-state index in [1.54, 1.807) is 37.9 Å². The molecular weight excluding hydrogens is 427 g/mol. The number of esters is 1. The van der Waals surface area contributed by atoms with Gasteiger partial charge in [-0.1, -0.05) is 36.2 Å². The Bertz CT molecular complexity index is 766. The summed E-state index contributed by atoms with van der Waals surface area (Å²) < 4.78 is 32.2. The summed E-state index contributed by atoms with van der Waals surface area (Å²) >= 11 is 12.1. The van der Waals surface area contributed by atoms with E-state index in [4.69, 9.17) is 32.1 Å². The van der Waals surface area contributed by atoms with Crippen LogP contribution < -0.4 is 5.43 Å². The minimum Gasteiger partial charge on any atom is -0.459 e. The molecule has 0 heterocycles. The van der Waals surface area contributed by atoms with E-state index in [2.05, 4.69) is 5.43 Å². The number of hydrazine groups is 1. The van der Waals surface area contributed by atoms with Gasteiger partial charge >= 0.3 is 5.97 Å². The van der Waals surface area contributed by atoms with Gasteiger partial charge in [0.15, 0.2) is 0 Å². The first-order valence-corrected chi connectivity index (χ1v) is 11.3. The van der Waals surface area contributed by atoms with E-state index >= 15 is 0 Å². The lowest BCUT2D eigenvalue weighted by Crippen LogP contribution is -2.46. The molecule has 0 fully saturated rings. The molecule has 0 aliphatic rings. The molecule has 1 atom stereocenters. The molecule has 28 heavy (non-hydrogen) atoms. The number of rotatable bonds is 10. The van der Waals surface area contributed by atoms with Crippen LogP contribution in [0.15, 0.2) is 18.2 Å². The molecule has 1 aromatic carbocycles. The van der Waals surface area contributed by atoms with E-state index in [0.29, 0.717) is 16.6 Å². The van der Waals surface area contributed by atoms with E-state index in [1.165, 1.54) is 0 Å². The van der Waals surface area contributed by atoms with Crippen LogP contribution in [-0.4, -0.2) is 57.5 Å². The smallest absolute Gasteiger partial charge is 0.322 e. The Morgan fingerprint density at radius 1 is 1.25 bits per heavy atom. The van der Waals surface area contributed by atoms with Gasteiger partial charge in [-0.2, -0.15) is 8.42 Å². The summed E-state index contributed by atoms with van der Waals surface area (Å²) in [7, 11) is -3.52. The van der Waals surface area contributed by atoms with Gasteiger partial charge < -0.3 is 4.74 Å². The number of ether oxygens (including phenoxy) is 1. The third-order valence-corrected chi connectivity index (χ3v) is 4.82. The topological polar surface area (TPSA) is 84.9 Å². The monoisotopic (exact) mass is 454 g/mol. The predicted octanol–water partition coefficient (Wildman–Crippen LogP) is 3.22. The second-order valence-electron chi connectivity index (χ2n) is 7.48. The van der Waals surface area contributed by atoms with Gasteiger partial charge in [-0.3, -0.25) is 14.4 Å². The number of carbonyl (C=O) groups is 1. The quantitative estimate of drug-likeness (QED) is 0.251. The third kappa shape index (κ3) is 10.6. The first-order chi connectivity index (χ1) is 12.8. The lowest BCUT2D eigenvalue weighted by atomic mass is 10.0. The highest BCUT2D eigenvalue weighted by atomic mass is 35.5. The molecule has 0 aliphatic carbocycles. The molecule has 0 aromatic heterocycles. The summed E-state index contributed by atoms with van der Waals surface area (Å²) in [5.41, 5.74) is 3.38. The maximum Gasteiger partial charge on any atom is 0.322 e. The molecule has 160 valence electrons. The molecule has 0 saturated heterocycles. The van der Waals surface area contributed by atoms with E-state index in [1.807, 2.05) is 13.0 Å².